The van der Waals surface area contributed by atoms with Crippen molar-refractivity contribution < 1.29 is 14.7 Å². The zero-order valence-corrected chi connectivity index (χ0v) is 19.3. The first-order chi connectivity index (χ1) is 15.4. The fourth-order valence-corrected chi connectivity index (χ4v) is 4.18. The average Bonchev–Trinajstić information content (AvgIpc) is 3.19. The summed E-state index contributed by atoms with van der Waals surface area (Å²) >= 11 is 0. The van der Waals surface area contributed by atoms with Crippen LogP contribution in [0.15, 0.2) is 48.5 Å². The Morgan fingerprint density at radius 1 is 1.16 bits per heavy atom. The molecule has 1 aliphatic rings. The summed E-state index contributed by atoms with van der Waals surface area (Å²) in [6, 6.07) is 15.0. The Balaban J connectivity index is 1.85. The van der Waals surface area contributed by atoms with Gasteiger partial charge in [0.15, 0.2) is 0 Å². The molecule has 1 fully saturated rings. The highest BCUT2D eigenvalue weighted by Crippen LogP contribution is 2.27. The molecule has 3 N–H and O–H groups in total. The Morgan fingerprint density at radius 2 is 1.91 bits per heavy atom. The lowest BCUT2D eigenvalue weighted by molar-refractivity contribution is -0.117. The number of anilines is 2. The van der Waals surface area contributed by atoms with E-state index >= 15 is 0 Å². The SMILES string of the molecule is CCNc1cc(C(=O)N[C@@H](Cc2ccccc2)[C@H](O)CC(C)C)cc(N2CCCC2=O)c1. The molecule has 1 heterocycles. The van der Waals surface area contributed by atoms with E-state index in [2.05, 4.69) is 24.5 Å². The van der Waals surface area contributed by atoms with Crippen molar-refractivity contribution in [1.82, 2.24) is 5.32 Å². The van der Waals surface area contributed by atoms with Crippen molar-refractivity contribution in [3.8, 4) is 0 Å². The molecule has 6 nitrogen and oxygen atoms in total. The molecule has 0 aliphatic carbocycles. The summed E-state index contributed by atoms with van der Waals surface area (Å²) in [7, 11) is 0. The van der Waals surface area contributed by atoms with E-state index in [1.807, 2.05) is 43.3 Å². The van der Waals surface area contributed by atoms with Gasteiger partial charge in [0.1, 0.15) is 0 Å². The van der Waals surface area contributed by atoms with Gasteiger partial charge in [-0.2, -0.15) is 0 Å². The molecule has 2 aromatic carbocycles. The molecule has 0 bridgehead atoms. The summed E-state index contributed by atoms with van der Waals surface area (Å²) in [6.07, 6.45) is 1.85. The number of aliphatic hydroxyl groups is 1. The topological polar surface area (TPSA) is 81.7 Å². The molecular formula is C26H35N3O3. The molecule has 0 aromatic heterocycles. The van der Waals surface area contributed by atoms with Gasteiger partial charge in [-0.3, -0.25) is 9.59 Å². The van der Waals surface area contributed by atoms with E-state index < -0.39 is 12.1 Å². The number of carbonyl (C=O) groups is 2. The first kappa shape index (κ1) is 23.8. The molecule has 6 heteroatoms. The number of rotatable bonds is 10. The average molecular weight is 438 g/mol. The number of amides is 2. The molecule has 1 aliphatic heterocycles. The van der Waals surface area contributed by atoms with E-state index in [0.29, 0.717) is 43.8 Å². The van der Waals surface area contributed by atoms with Crippen molar-refractivity contribution in [1.29, 1.82) is 0 Å². The second kappa shape index (κ2) is 11.1. The van der Waals surface area contributed by atoms with Crippen LogP contribution in [0.3, 0.4) is 0 Å². The highest BCUT2D eigenvalue weighted by Gasteiger charge is 2.26. The normalized spacial score (nSPS) is 15.7. The molecule has 0 unspecified atom stereocenters. The maximum atomic E-state index is 13.3. The third kappa shape index (κ3) is 6.33. The van der Waals surface area contributed by atoms with Crippen molar-refractivity contribution in [2.45, 2.75) is 58.6 Å². The van der Waals surface area contributed by atoms with Gasteiger partial charge in [0.05, 0.1) is 12.1 Å². The summed E-state index contributed by atoms with van der Waals surface area (Å²) in [5.74, 6) is 0.144. The fourth-order valence-electron chi connectivity index (χ4n) is 4.18. The van der Waals surface area contributed by atoms with Crippen LogP contribution in [0.5, 0.6) is 0 Å². The number of carbonyl (C=O) groups excluding carboxylic acids is 2. The van der Waals surface area contributed by atoms with Crippen LogP contribution in [0.2, 0.25) is 0 Å². The molecule has 172 valence electrons. The minimum Gasteiger partial charge on any atom is -0.391 e. The van der Waals surface area contributed by atoms with Gasteiger partial charge in [-0.05, 0) is 55.9 Å². The molecule has 2 aromatic rings. The van der Waals surface area contributed by atoms with Crippen LogP contribution in [-0.4, -0.2) is 42.2 Å². The summed E-state index contributed by atoms with van der Waals surface area (Å²) in [6.45, 7) is 7.49. The van der Waals surface area contributed by atoms with Crippen molar-refractivity contribution in [3.63, 3.8) is 0 Å². The van der Waals surface area contributed by atoms with Crippen LogP contribution in [0, 0.1) is 5.92 Å². The molecule has 1 saturated heterocycles. The fraction of sp³-hybridized carbons (Fsp3) is 0.462. The largest absolute Gasteiger partial charge is 0.391 e. The molecule has 0 spiro atoms. The first-order valence-electron chi connectivity index (χ1n) is 11.6. The van der Waals surface area contributed by atoms with E-state index in [1.165, 1.54) is 0 Å². The predicted octanol–water partition coefficient (Wildman–Crippen LogP) is 3.99. The molecule has 3 rings (SSSR count). The van der Waals surface area contributed by atoms with E-state index in [1.54, 1.807) is 17.0 Å². The minimum absolute atomic E-state index is 0.0827. The van der Waals surface area contributed by atoms with E-state index in [4.69, 9.17) is 0 Å². The van der Waals surface area contributed by atoms with E-state index in [0.717, 1.165) is 23.4 Å². The van der Waals surface area contributed by atoms with Crippen molar-refractivity contribution in [2.24, 2.45) is 5.92 Å². The van der Waals surface area contributed by atoms with Gasteiger partial charge in [-0.1, -0.05) is 44.2 Å². The number of hydrogen-bond donors (Lipinski definition) is 3. The lowest BCUT2D eigenvalue weighted by atomic mass is 9.94. The smallest absolute Gasteiger partial charge is 0.251 e. The zero-order valence-electron chi connectivity index (χ0n) is 19.3. The van der Waals surface area contributed by atoms with Crippen LogP contribution in [-0.2, 0) is 11.2 Å². The maximum absolute atomic E-state index is 13.3. The summed E-state index contributed by atoms with van der Waals surface area (Å²) < 4.78 is 0. The summed E-state index contributed by atoms with van der Waals surface area (Å²) in [5.41, 5.74) is 3.08. The van der Waals surface area contributed by atoms with E-state index in [9.17, 15) is 14.7 Å². The molecule has 0 saturated carbocycles. The van der Waals surface area contributed by atoms with Gasteiger partial charge >= 0.3 is 0 Å². The summed E-state index contributed by atoms with van der Waals surface area (Å²) in [4.78, 5) is 27.3. The zero-order chi connectivity index (χ0) is 23.1. The van der Waals surface area contributed by atoms with Gasteiger partial charge < -0.3 is 20.6 Å². The quantitative estimate of drug-likeness (QED) is 0.525. The lowest BCUT2D eigenvalue weighted by Crippen LogP contribution is -2.45. The standard InChI is InChI=1S/C26H35N3O3/c1-4-27-21-15-20(16-22(17-21)29-12-8-11-25(29)31)26(32)28-23(24(30)13-18(2)3)14-19-9-6-5-7-10-19/h5-7,9-10,15-18,23-24,27,30H,4,8,11-14H2,1-3H3,(H,28,32)/t23-,24+/m0/s1. The Labute approximate surface area is 191 Å². The number of benzene rings is 2. The Morgan fingerprint density at radius 3 is 2.53 bits per heavy atom. The highest BCUT2D eigenvalue weighted by atomic mass is 16.3. The third-order valence-corrected chi connectivity index (χ3v) is 5.74. The van der Waals surface area contributed by atoms with Crippen LogP contribution >= 0.6 is 0 Å². The van der Waals surface area contributed by atoms with Crippen molar-refractivity contribution in [3.05, 3.63) is 59.7 Å². The molecule has 0 radical (unpaired) electrons. The van der Waals surface area contributed by atoms with Gasteiger partial charge in [-0.25, -0.2) is 0 Å². The second-order valence-corrected chi connectivity index (χ2v) is 8.91. The number of nitrogens with one attached hydrogen (secondary N) is 2. The highest BCUT2D eigenvalue weighted by molar-refractivity contribution is 6.00. The number of aliphatic hydroxyl groups excluding tert-OH is 1. The van der Waals surface area contributed by atoms with Crippen LogP contribution in [0.1, 0.15) is 56.0 Å². The van der Waals surface area contributed by atoms with Crippen LogP contribution < -0.4 is 15.5 Å². The minimum atomic E-state index is -0.657. The van der Waals surface area contributed by atoms with Gasteiger partial charge in [-0.15, -0.1) is 0 Å². The third-order valence-electron chi connectivity index (χ3n) is 5.74. The van der Waals surface area contributed by atoms with Crippen molar-refractivity contribution in [2.75, 3.05) is 23.3 Å². The molecular weight excluding hydrogens is 402 g/mol. The van der Waals surface area contributed by atoms with E-state index in [-0.39, 0.29) is 11.8 Å². The predicted molar refractivity (Wildman–Crippen MR) is 129 cm³/mol. The van der Waals surface area contributed by atoms with Crippen LogP contribution in [0.4, 0.5) is 11.4 Å². The number of nitrogens with zero attached hydrogens (tertiary/aromatic N) is 1. The van der Waals surface area contributed by atoms with Crippen molar-refractivity contribution >= 4 is 23.2 Å². The monoisotopic (exact) mass is 437 g/mol. The second-order valence-electron chi connectivity index (χ2n) is 8.91. The lowest BCUT2D eigenvalue weighted by Gasteiger charge is -2.26. The molecule has 32 heavy (non-hydrogen) atoms. The molecule has 2 atom stereocenters. The van der Waals surface area contributed by atoms with Gasteiger partial charge in [0.2, 0.25) is 5.91 Å². The van der Waals surface area contributed by atoms with Crippen LogP contribution in [0.25, 0.3) is 0 Å². The molecule has 2 amide bonds. The number of hydrogen-bond acceptors (Lipinski definition) is 4. The maximum Gasteiger partial charge on any atom is 0.251 e. The Hall–Kier alpha value is -2.86. The Kier molecular flexibility index (Phi) is 8.28. The summed E-state index contributed by atoms with van der Waals surface area (Å²) in [5, 5.41) is 17.2. The van der Waals surface area contributed by atoms with Gasteiger partial charge in [0, 0.05) is 36.4 Å². The Bertz CT molecular complexity index is 914. The van der Waals surface area contributed by atoms with Gasteiger partial charge in [0.25, 0.3) is 5.91 Å². The first-order valence-corrected chi connectivity index (χ1v) is 11.6.